The van der Waals surface area contributed by atoms with Gasteiger partial charge in [0.05, 0.1) is 19.1 Å². The van der Waals surface area contributed by atoms with Gasteiger partial charge in [-0.15, -0.1) is 11.8 Å². The maximum atomic E-state index is 11.6. The molecule has 1 N–H and O–H groups in total. The van der Waals surface area contributed by atoms with Crippen LogP contribution in [0.5, 0.6) is 0 Å². The van der Waals surface area contributed by atoms with Gasteiger partial charge in [-0.05, 0) is 0 Å². The molecule has 1 fully saturated rings. The van der Waals surface area contributed by atoms with Crippen LogP contribution in [0.15, 0.2) is 0 Å². The van der Waals surface area contributed by atoms with E-state index in [-0.39, 0.29) is 12.5 Å². The van der Waals surface area contributed by atoms with Crippen LogP contribution in [-0.4, -0.2) is 66.5 Å². The maximum Gasteiger partial charge on any atom is 0.327 e. The number of amides is 1. The van der Waals surface area contributed by atoms with Crippen molar-refractivity contribution in [3.05, 3.63) is 0 Å². The van der Waals surface area contributed by atoms with Crippen molar-refractivity contribution in [2.45, 2.75) is 6.04 Å². The summed E-state index contributed by atoms with van der Waals surface area (Å²) in [6.45, 7) is 0.666. The van der Waals surface area contributed by atoms with Crippen LogP contribution in [0.4, 0.5) is 0 Å². The molecule has 0 aromatic rings. The molecule has 16 heavy (non-hydrogen) atoms. The molecule has 0 aromatic carbocycles. The highest BCUT2D eigenvalue weighted by molar-refractivity contribution is 7.99. The molecule has 1 aliphatic heterocycles. The second-order valence-corrected chi connectivity index (χ2v) is 4.26. The monoisotopic (exact) mass is 249 g/mol. The van der Waals surface area contributed by atoms with Gasteiger partial charge in [0.2, 0.25) is 5.91 Å². The number of carbonyl (C=O) groups excluding carboxylic acids is 1. The number of hydrogen-bond acceptors (Lipinski definition) is 5. The van der Waals surface area contributed by atoms with Crippen LogP contribution in [0.3, 0.4) is 0 Å². The first-order valence-corrected chi connectivity index (χ1v) is 5.99. The smallest absolute Gasteiger partial charge is 0.327 e. The molecule has 0 aliphatic carbocycles. The zero-order chi connectivity index (χ0) is 12.0. The Bertz CT molecular complexity index is 260. The molecule has 1 amide bonds. The molecule has 0 radical (unpaired) electrons. The van der Waals surface area contributed by atoms with Gasteiger partial charge in [-0.1, -0.05) is 0 Å². The Labute approximate surface area is 97.9 Å². The molecule has 7 heteroatoms. The van der Waals surface area contributed by atoms with E-state index < -0.39 is 12.0 Å². The second-order valence-electron chi connectivity index (χ2n) is 3.26. The Morgan fingerprint density at radius 2 is 2.25 bits per heavy atom. The van der Waals surface area contributed by atoms with Crippen LogP contribution < -0.4 is 0 Å². The fourth-order valence-electron chi connectivity index (χ4n) is 1.28. The molecule has 1 aliphatic rings. The molecular formula is C9H15NO5S. The predicted molar refractivity (Wildman–Crippen MR) is 58.3 cm³/mol. The summed E-state index contributed by atoms with van der Waals surface area (Å²) >= 11 is 1.43. The van der Waals surface area contributed by atoms with Gasteiger partial charge in [0, 0.05) is 12.9 Å². The van der Waals surface area contributed by atoms with E-state index in [0.717, 1.165) is 0 Å². The van der Waals surface area contributed by atoms with Gasteiger partial charge in [0.15, 0.2) is 0 Å². The van der Waals surface area contributed by atoms with E-state index in [2.05, 4.69) is 0 Å². The fourth-order valence-corrected chi connectivity index (χ4v) is 2.45. The lowest BCUT2D eigenvalue weighted by molar-refractivity contribution is -0.149. The Balaban J connectivity index is 2.32. The first kappa shape index (κ1) is 13.3. The van der Waals surface area contributed by atoms with Gasteiger partial charge in [-0.3, -0.25) is 4.79 Å². The number of methoxy groups -OCH3 is 1. The molecule has 1 rings (SSSR count). The maximum absolute atomic E-state index is 11.6. The van der Waals surface area contributed by atoms with Crippen LogP contribution in [0, 0.1) is 0 Å². The Hall–Kier alpha value is -0.790. The molecule has 1 heterocycles. The van der Waals surface area contributed by atoms with Crippen molar-refractivity contribution in [3.63, 3.8) is 0 Å². The van der Waals surface area contributed by atoms with Crippen molar-refractivity contribution in [2.75, 3.05) is 38.6 Å². The Kier molecular flexibility index (Phi) is 5.58. The average molecular weight is 249 g/mol. The third-order valence-corrected chi connectivity index (χ3v) is 3.16. The van der Waals surface area contributed by atoms with Crippen LogP contribution in [0.1, 0.15) is 0 Å². The highest BCUT2D eigenvalue weighted by Gasteiger charge is 2.34. The highest BCUT2D eigenvalue weighted by atomic mass is 32.2. The van der Waals surface area contributed by atoms with E-state index in [9.17, 15) is 9.59 Å². The number of thioether (sulfide) groups is 1. The molecule has 0 bridgehead atoms. The minimum absolute atomic E-state index is 0.0896. The molecule has 0 saturated carbocycles. The summed E-state index contributed by atoms with van der Waals surface area (Å²) in [5, 5.41) is 8.87. The number of carbonyl (C=O) groups is 2. The summed E-state index contributed by atoms with van der Waals surface area (Å²) < 4.78 is 9.82. The minimum atomic E-state index is -0.963. The molecule has 1 unspecified atom stereocenters. The summed E-state index contributed by atoms with van der Waals surface area (Å²) in [5.41, 5.74) is 0. The van der Waals surface area contributed by atoms with Crippen molar-refractivity contribution in [1.29, 1.82) is 0 Å². The van der Waals surface area contributed by atoms with Gasteiger partial charge in [0.1, 0.15) is 12.6 Å². The van der Waals surface area contributed by atoms with Crippen LogP contribution >= 0.6 is 11.8 Å². The number of rotatable bonds is 6. The molecule has 0 spiro atoms. The lowest BCUT2D eigenvalue weighted by Gasteiger charge is -2.20. The number of hydrogen-bond donors (Lipinski definition) is 1. The van der Waals surface area contributed by atoms with Gasteiger partial charge in [-0.2, -0.15) is 0 Å². The number of carboxylic acids is 1. The third-order valence-electron chi connectivity index (χ3n) is 2.15. The minimum Gasteiger partial charge on any atom is -0.480 e. The van der Waals surface area contributed by atoms with Gasteiger partial charge >= 0.3 is 5.97 Å². The summed E-state index contributed by atoms with van der Waals surface area (Å²) in [4.78, 5) is 23.8. The van der Waals surface area contributed by atoms with Crippen molar-refractivity contribution in [2.24, 2.45) is 0 Å². The first-order chi connectivity index (χ1) is 7.66. The molecule has 92 valence electrons. The predicted octanol–water partition coefficient (Wildman–Crippen LogP) is -0.364. The van der Waals surface area contributed by atoms with Crippen LogP contribution in [0.2, 0.25) is 0 Å². The van der Waals surface area contributed by atoms with Crippen molar-refractivity contribution >= 4 is 23.6 Å². The average Bonchev–Trinajstić information content (AvgIpc) is 2.73. The molecule has 6 nitrogen and oxygen atoms in total. The van der Waals surface area contributed by atoms with Crippen molar-refractivity contribution in [1.82, 2.24) is 4.90 Å². The van der Waals surface area contributed by atoms with E-state index in [1.165, 1.54) is 16.7 Å². The fraction of sp³-hybridized carbons (Fsp3) is 0.778. The second kappa shape index (κ2) is 6.72. The summed E-state index contributed by atoms with van der Waals surface area (Å²) in [7, 11) is 1.54. The normalized spacial score (nSPS) is 20.1. The third kappa shape index (κ3) is 3.66. The molecule has 0 aromatic heterocycles. The highest BCUT2D eigenvalue weighted by Crippen LogP contribution is 2.20. The first-order valence-electron chi connectivity index (χ1n) is 4.83. The Morgan fingerprint density at radius 3 is 2.88 bits per heavy atom. The number of nitrogens with zero attached hydrogens (tertiary/aromatic N) is 1. The lowest BCUT2D eigenvalue weighted by atomic mass is 10.3. The molecule has 1 saturated heterocycles. The van der Waals surface area contributed by atoms with Crippen molar-refractivity contribution in [3.8, 4) is 0 Å². The van der Waals surface area contributed by atoms with Crippen molar-refractivity contribution < 1.29 is 24.2 Å². The number of ether oxygens (including phenoxy) is 2. The summed E-state index contributed by atoms with van der Waals surface area (Å²) in [6, 6.07) is -0.719. The topological polar surface area (TPSA) is 76.1 Å². The van der Waals surface area contributed by atoms with Gasteiger partial charge in [0.25, 0.3) is 0 Å². The lowest BCUT2D eigenvalue weighted by Crippen LogP contribution is -2.43. The number of carboxylic acid groups (broad SMARTS) is 1. The standard InChI is InChI=1S/C9H15NO5S/c1-14-2-3-15-4-8(11)10-6-16-5-7(10)9(12)13/h7H,2-6H2,1H3,(H,12,13). The van der Waals surface area contributed by atoms with E-state index in [1.807, 2.05) is 0 Å². The van der Waals surface area contributed by atoms with E-state index in [0.29, 0.717) is 24.8 Å². The Morgan fingerprint density at radius 1 is 1.50 bits per heavy atom. The number of aliphatic carboxylic acids is 1. The van der Waals surface area contributed by atoms with Gasteiger partial charge < -0.3 is 19.5 Å². The molecular weight excluding hydrogens is 234 g/mol. The quantitative estimate of drug-likeness (QED) is 0.648. The zero-order valence-electron chi connectivity index (χ0n) is 9.05. The SMILES string of the molecule is COCCOCC(=O)N1CSCC1C(=O)O. The van der Waals surface area contributed by atoms with Crippen LogP contribution in [-0.2, 0) is 19.1 Å². The van der Waals surface area contributed by atoms with E-state index >= 15 is 0 Å². The van der Waals surface area contributed by atoms with E-state index in [1.54, 1.807) is 7.11 Å². The zero-order valence-corrected chi connectivity index (χ0v) is 9.87. The van der Waals surface area contributed by atoms with Gasteiger partial charge in [-0.25, -0.2) is 4.79 Å². The largest absolute Gasteiger partial charge is 0.480 e. The van der Waals surface area contributed by atoms with Crippen LogP contribution in [0.25, 0.3) is 0 Å². The molecule has 1 atom stereocenters. The summed E-state index contributed by atoms with van der Waals surface area (Å²) in [5.74, 6) is -0.383. The van der Waals surface area contributed by atoms with E-state index in [4.69, 9.17) is 14.6 Å². The summed E-state index contributed by atoms with van der Waals surface area (Å²) in [6.07, 6.45) is 0.